The Morgan fingerprint density at radius 3 is 1.26 bits per heavy atom. The second-order valence-corrected chi connectivity index (χ2v) is 23.0. The largest absolute Gasteiger partial charge is 0.381 e. The van der Waals surface area contributed by atoms with Crippen molar-refractivity contribution in [1.82, 2.24) is 14.7 Å². The summed E-state index contributed by atoms with van der Waals surface area (Å²) in [6.45, 7) is 8.69. The van der Waals surface area contributed by atoms with Crippen molar-refractivity contribution in [3.05, 3.63) is 258 Å². The van der Waals surface area contributed by atoms with E-state index in [0.717, 1.165) is 40.2 Å². The Hall–Kier alpha value is -7.48. The van der Waals surface area contributed by atoms with Crippen LogP contribution in [0.3, 0.4) is 0 Å². The number of rotatable bonds is 14. The standard InChI is InChI=1S/C25H25ClN2O.C24H24ClN3O.C19H22ClN3O/c1-16-7-10-22(17(2)11-16)18-8-9-19(23(26)12-18)13-24(27)25(29)28-14-20-5-3-4-6-21(20)15-28;25-22-13-21(27-14-17-6-2-1-3-7-17)11-10-18(22)12-23(26)24(29)28-15-19-8-4-5-9-20(19)16-28;1-22(2)16-8-7-13(17(20)10-16)9-18(21)19(24)23-11-14-5-3-4-6-15(14)12-23/h3-12,24H,13-15,27H2,1-2H3;1-11,13,23,27H,12,14-16,26H2;3-8,10,18H,9,11-12,21H2,1-2H3. The minimum Gasteiger partial charge on any atom is -0.381 e. The molecule has 0 bridgehead atoms. The number of fused-ring (bicyclic) bond motifs is 3. The van der Waals surface area contributed by atoms with Gasteiger partial charge in [0.1, 0.15) is 0 Å². The van der Waals surface area contributed by atoms with Gasteiger partial charge in [0, 0.05) is 86.4 Å². The van der Waals surface area contributed by atoms with Crippen LogP contribution in [-0.4, -0.2) is 64.6 Å². The van der Waals surface area contributed by atoms with Crippen molar-refractivity contribution in [3.8, 4) is 11.1 Å². The fraction of sp³-hybridized carbons (Fsp3) is 0.250. The fourth-order valence-corrected chi connectivity index (χ4v) is 11.5. The van der Waals surface area contributed by atoms with Crippen LogP contribution in [0.4, 0.5) is 11.4 Å². The van der Waals surface area contributed by atoms with Gasteiger partial charge in [0.15, 0.2) is 0 Å². The van der Waals surface area contributed by atoms with Gasteiger partial charge in [-0.15, -0.1) is 0 Å². The Kier molecular flexibility index (Phi) is 19.5. The molecule has 0 spiro atoms. The quantitative estimate of drug-likeness (QED) is 0.0839. The van der Waals surface area contributed by atoms with Crippen molar-refractivity contribution in [3.63, 3.8) is 0 Å². The van der Waals surface area contributed by atoms with E-state index in [1.807, 2.05) is 137 Å². The second-order valence-electron chi connectivity index (χ2n) is 21.8. The lowest BCUT2D eigenvalue weighted by Gasteiger charge is -2.21. The molecule has 3 unspecified atom stereocenters. The number of amides is 3. The average Bonchev–Trinajstić information content (AvgIpc) is 4.27. The first kappa shape index (κ1) is 59.2. The first-order valence-corrected chi connectivity index (χ1v) is 28.8. The third kappa shape index (κ3) is 14.8. The number of hydrogen-bond acceptors (Lipinski definition) is 8. The molecular formula is C68H71Cl3N8O3. The summed E-state index contributed by atoms with van der Waals surface area (Å²) in [6.07, 6.45) is 1.29. The number of nitrogens with two attached hydrogens (primary N) is 3. The summed E-state index contributed by atoms with van der Waals surface area (Å²) in [4.78, 5) is 45.8. The Morgan fingerprint density at radius 2 is 0.866 bits per heavy atom. The second kappa shape index (κ2) is 27.1. The molecule has 11 nitrogen and oxygen atoms in total. The maximum Gasteiger partial charge on any atom is 0.240 e. The highest BCUT2D eigenvalue weighted by molar-refractivity contribution is 6.32. The minimum atomic E-state index is -0.607. The molecule has 0 aromatic heterocycles. The number of nitrogens with zero attached hydrogens (tertiary/aromatic N) is 4. The summed E-state index contributed by atoms with van der Waals surface area (Å²) >= 11 is 19.4. The number of nitrogens with one attached hydrogen (secondary N) is 1. The van der Waals surface area contributed by atoms with Crippen LogP contribution >= 0.6 is 34.8 Å². The van der Waals surface area contributed by atoms with Gasteiger partial charge in [0.25, 0.3) is 0 Å². The van der Waals surface area contributed by atoms with Crippen molar-refractivity contribution in [2.75, 3.05) is 24.3 Å². The first-order chi connectivity index (χ1) is 39.5. The predicted molar refractivity (Wildman–Crippen MR) is 334 cm³/mol. The van der Waals surface area contributed by atoms with Gasteiger partial charge >= 0.3 is 0 Å². The molecule has 3 amide bonds. The molecule has 422 valence electrons. The van der Waals surface area contributed by atoms with Crippen LogP contribution < -0.4 is 27.4 Å². The van der Waals surface area contributed by atoms with E-state index < -0.39 is 18.1 Å². The Balaban J connectivity index is 0.000000149. The van der Waals surface area contributed by atoms with Gasteiger partial charge in [0.2, 0.25) is 17.7 Å². The van der Waals surface area contributed by atoms with Crippen LogP contribution in [0.1, 0.15) is 66.8 Å². The third-order valence-electron chi connectivity index (χ3n) is 15.4. The molecule has 14 heteroatoms. The maximum atomic E-state index is 12.9. The molecule has 3 aliphatic rings. The Bertz CT molecular complexity index is 3500. The van der Waals surface area contributed by atoms with E-state index in [1.54, 1.807) is 0 Å². The lowest BCUT2D eigenvalue weighted by molar-refractivity contribution is -0.133. The van der Waals surface area contributed by atoms with Crippen molar-refractivity contribution in [1.29, 1.82) is 0 Å². The van der Waals surface area contributed by atoms with E-state index in [4.69, 9.17) is 52.0 Å². The molecule has 8 aromatic carbocycles. The molecule has 3 aliphatic heterocycles. The molecule has 0 radical (unpaired) electrons. The molecule has 7 N–H and O–H groups in total. The fourth-order valence-electron chi connectivity index (χ4n) is 10.8. The van der Waals surface area contributed by atoms with Crippen molar-refractivity contribution >= 4 is 63.9 Å². The topological polar surface area (TPSA) is 154 Å². The minimum absolute atomic E-state index is 0.0287. The number of carbonyl (C=O) groups excluding carboxylic acids is 3. The highest BCUT2D eigenvalue weighted by atomic mass is 35.5. The van der Waals surface area contributed by atoms with E-state index in [1.165, 1.54) is 55.6 Å². The summed E-state index contributed by atoms with van der Waals surface area (Å²) < 4.78 is 0. The van der Waals surface area contributed by atoms with E-state index in [-0.39, 0.29) is 17.7 Å². The summed E-state index contributed by atoms with van der Waals surface area (Å²) in [6, 6.07) is 56.8. The monoisotopic (exact) mass is 1150 g/mol. The molecule has 3 heterocycles. The molecular weight excluding hydrogens is 1080 g/mol. The smallest absolute Gasteiger partial charge is 0.240 e. The lowest BCUT2D eigenvalue weighted by Crippen LogP contribution is -2.42. The number of carbonyl (C=O) groups is 3. The van der Waals surface area contributed by atoms with Gasteiger partial charge in [0.05, 0.1) is 18.1 Å². The molecule has 8 aromatic rings. The molecule has 0 aliphatic carbocycles. The van der Waals surface area contributed by atoms with Crippen molar-refractivity contribution < 1.29 is 14.4 Å². The highest BCUT2D eigenvalue weighted by Crippen LogP contribution is 2.32. The molecule has 11 rings (SSSR count). The molecule has 0 fully saturated rings. The average molecular weight is 1150 g/mol. The van der Waals surface area contributed by atoms with Gasteiger partial charge in [-0.25, -0.2) is 0 Å². The van der Waals surface area contributed by atoms with Crippen LogP contribution in [0.25, 0.3) is 11.1 Å². The van der Waals surface area contributed by atoms with Crippen molar-refractivity contribution in [2.45, 2.75) is 97.0 Å². The molecule has 0 saturated carbocycles. The first-order valence-electron chi connectivity index (χ1n) is 27.7. The van der Waals surface area contributed by atoms with Crippen LogP contribution in [0.5, 0.6) is 0 Å². The zero-order chi connectivity index (χ0) is 58.0. The van der Waals surface area contributed by atoms with E-state index in [2.05, 4.69) is 92.0 Å². The highest BCUT2D eigenvalue weighted by Gasteiger charge is 2.30. The SMILES string of the molecule is CN(C)c1ccc(CC(N)C(=O)N2Cc3ccccc3C2)c(Cl)c1.Cc1ccc(-c2ccc(CC(N)C(=O)N3Cc4ccccc4C3)c(Cl)c2)c(C)c1.NC(Cc1ccc(NCc2ccccc2)cc1Cl)C(=O)N1Cc2ccccc2C1. The zero-order valence-corrected chi connectivity index (χ0v) is 49.2. The number of hydrogen-bond donors (Lipinski definition) is 4. The van der Waals surface area contributed by atoms with Crippen LogP contribution in [-0.2, 0) is 79.5 Å². The number of halogens is 3. The van der Waals surface area contributed by atoms with E-state index >= 15 is 0 Å². The predicted octanol–water partition coefficient (Wildman–Crippen LogP) is 12.2. The molecule has 0 saturated heterocycles. The zero-order valence-electron chi connectivity index (χ0n) is 46.9. The van der Waals surface area contributed by atoms with Gasteiger partial charge in [-0.1, -0.05) is 186 Å². The van der Waals surface area contributed by atoms with Gasteiger partial charge in [-0.2, -0.15) is 0 Å². The van der Waals surface area contributed by atoms with Crippen LogP contribution in [0.15, 0.2) is 176 Å². The van der Waals surface area contributed by atoms with Crippen LogP contribution in [0.2, 0.25) is 15.1 Å². The van der Waals surface area contributed by atoms with Gasteiger partial charge < -0.3 is 42.1 Å². The third-order valence-corrected chi connectivity index (χ3v) is 16.5. The maximum absolute atomic E-state index is 12.9. The summed E-state index contributed by atoms with van der Waals surface area (Å²) in [5, 5.41) is 5.29. The van der Waals surface area contributed by atoms with Crippen molar-refractivity contribution in [2.24, 2.45) is 17.2 Å². The summed E-state index contributed by atoms with van der Waals surface area (Å²) in [5.74, 6) is -0.0989. The Morgan fingerprint density at radius 1 is 0.476 bits per heavy atom. The normalized spacial score (nSPS) is 14.0. The van der Waals surface area contributed by atoms with E-state index in [0.29, 0.717) is 73.6 Å². The number of anilines is 2. The molecule has 82 heavy (non-hydrogen) atoms. The van der Waals surface area contributed by atoms with Gasteiger partial charge in [-0.3, -0.25) is 14.4 Å². The summed E-state index contributed by atoms with van der Waals surface area (Å²) in [5.41, 5.74) is 36.4. The Labute approximate surface area is 497 Å². The summed E-state index contributed by atoms with van der Waals surface area (Å²) in [7, 11) is 3.93. The molecule has 3 atom stereocenters. The van der Waals surface area contributed by atoms with E-state index in [9.17, 15) is 14.4 Å². The van der Waals surface area contributed by atoms with Gasteiger partial charge in [-0.05, 0) is 136 Å². The van der Waals surface area contributed by atoms with Crippen LogP contribution in [0, 0.1) is 13.8 Å². The lowest BCUT2D eigenvalue weighted by atomic mass is 9.96. The number of aryl methyl sites for hydroxylation is 2. The number of benzene rings is 8.